The lowest BCUT2D eigenvalue weighted by Gasteiger charge is -2.20. The van der Waals surface area contributed by atoms with Crippen molar-refractivity contribution in [3.8, 4) is 0 Å². The van der Waals surface area contributed by atoms with Crippen molar-refractivity contribution < 1.29 is 43.0 Å². The largest absolute Gasteiger partial charge is 0.472 e. The van der Waals surface area contributed by atoms with E-state index in [1.54, 1.807) is 0 Å². The normalized spacial score (nSPS) is 14.1. The minimum absolute atomic E-state index is 0.0529. The third-order valence-corrected chi connectivity index (χ3v) is 11.2. The first kappa shape index (κ1) is 54.2. The number of hydrogen-bond acceptors (Lipinski definition) is 8. The second kappa shape index (κ2) is 42.8. The van der Waals surface area contributed by atoms with Crippen LogP contribution in [0.25, 0.3) is 0 Å². The molecule has 0 aliphatic carbocycles. The van der Waals surface area contributed by atoms with Crippen LogP contribution in [-0.2, 0) is 27.9 Å². The van der Waals surface area contributed by atoms with Gasteiger partial charge in [0.15, 0.2) is 0 Å². The number of allylic oxidation sites excluding steroid dienone is 2. The summed E-state index contributed by atoms with van der Waals surface area (Å²) in [5, 5.41) is 18.4. The molecule has 0 aromatic heterocycles. The Morgan fingerprint density at radius 2 is 0.927 bits per heavy atom. The molecule has 0 rings (SSSR count). The minimum Gasteiger partial charge on any atom is -0.457 e. The highest BCUT2D eigenvalue weighted by Gasteiger charge is 2.26. The van der Waals surface area contributed by atoms with E-state index in [2.05, 4.69) is 26.0 Å². The van der Waals surface area contributed by atoms with Crippen LogP contribution in [0, 0.1) is 0 Å². The fourth-order valence-electron chi connectivity index (χ4n) is 6.65. The molecule has 55 heavy (non-hydrogen) atoms. The fourth-order valence-corrected chi connectivity index (χ4v) is 7.44. The number of unbranched alkanes of at least 4 members (excludes halogenated alkanes) is 29. The van der Waals surface area contributed by atoms with E-state index in [4.69, 9.17) is 23.6 Å². The van der Waals surface area contributed by atoms with Gasteiger partial charge in [0.2, 0.25) is 0 Å². The Bertz CT molecular complexity index is 871. The highest BCUT2D eigenvalue weighted by atomic mass is 31.2. The van der Waals surface area contributed by atoms with Crippen LogP contribution in [-0.4, -0.2) is 66.3 Å². The summed E-state index contributed by atoms with van der Waals surface area (Å²) >= 11 is 0. The molecule has 0 aliphatic heterocycles. The van der Waals surface area contributed by atoms with Gasteiger partial charge in [0.05, 0.1) is 26.4 Å². The summed E-state index contributed by atoms with van der Waals surface area (Å²) in [7, 11) is -4.51. The Kier molecular flexibility index (Phi) is 42.2. The third kappa shape index (κ3) is 42.6. The first-order valence-corrected chi connectivity index (χ1v) is 24.7. The van der Waals surface area contributed by atoms with E-state index < -0.39 is 33.2 Å². The number of phosphoric ester groups is 1. The van der Waals surface area contributed by atoms with Crippen LogP contribution in [0.4, 0.5) is 0 Å². The molecule has 0 saturated heterocycles. The summed E-state index contributed by atoms with van der Waals surface area (Å²) in [4.78, 5) is 22.6. The standard InChI is InChI=1S/C45H89O9P/c1-3-5-7-9-11-13-15-17-19-20-21-22-24-26-28-30-32-34-36-38-51-41-44(42-53-55(49,50)52-40-43(47)39-46)54-45(48)37-35-33-31-29-27-25-23-18-16-14-12-10-8-6-4-2/h19-20,43-44,46-47H,3-18,21-42H2,1-2H3,(H,49,50)/b20-19-. The molecule has 3 unspecified atom stereocenters. The predicted molar refractivity (Wildman–Crippen MR) is 228 cm³/mol. The van der Waals surface area contributed by atoms with E-state index in [1.807, 2.05) is 0 Å². The van der Waals surface area contributed by atoms with Crippen molar-refractivity contribution >= 4 is 13.8 Å². The Morgan fingerprint density at radius 3 is 1.36 bits per heavy atom. The van der Waals surface area contributed by atoms with Crippen molar-refractivity contribution in [1.29, 1.82) is 0 Å². The molecule has 3 atom stereocenters. The van der Waals surface area contributed by atoms with Crippen LogP contribution >= 0.6 is 7.82 Å². The average molecular weight is 805 g/mol. The number of phosphoric acid groups is 1. The molecule has 10 heteroatoms. The second-order valence-electron chi connectivity index (χ2n) is 15.8. The third-order valence-electron chi connectivity index (χ3n) is 10.2. The van der Waals surface area contributed by atoms with E-state index in [-0.39, 0.29) is 25.6 Å². The summed E-state index contributed by atoms with van der Waals surface area (Å²) in [6.45, 7) is 3.56. The van der Waals surface area contributed by atoms with Crippen molar-refractivity contribution in [2.24, 2.45) is 0 Å². The Hall–Kier alpha value is -0.800. The molecule has 0 saturated carbocycles. The molecule has 0 heterocycles. The van der Waals surface area contributed by atoms with Gasteiger partial charge < -0.3 is 24.6 Å². The quantitative estimate of drug-likeness (QED) is 0.0238. The zero-order chi connectivity index (χ0) is 40.3. The number of rotatable bonds is 45. The van der Waals surface area contributed by atoms with Gasteiger partial charge in [-0.25, -0.2) is 4.57 Å². The molecule has 0 aromatic carbocycles. The van der Waals surface area contributed by atoms with Crippen LogP contribution in [0.3, 0.4) is 0 Å². The maximum atomic E-state index is 12.6. The summed E-state index contributed by atoms with van der Waals surface area (Å²) in [6, 6.07) is 0. The van der Waals surface area contributed by atoms with Crippen LogP contribution in [0.5, 0.6) is 0 Å². The topological polar surface area (TPSA) is 132 Å². The monoisotopic (exact) mass is 805 g/mol. The van der Waals surface area contributed by atoms with Crippen LogP contribution in [0.15, 0.2) is 12.2 Å². The van der Waals surface area contributed by atoms with Crippen molar-refractivity contribution in [3.63, 3.8) is 0 Å². The molecule has 0 bridgehead atoms. The molecule has 9 nitrogen and oxygen atoms in total. The predicted octanol–water partition coefficient (Wildman–Crippen LogP) is 12.9. The number of carbonyl (C=O) groups is 1. The van der Waals surface area contributed by atoms with Gasteiger partial charge in [-0.1, -0.05) is 193 Å². The summed E-state index contributed by atoms with van der Waals surface area (Å²) in [5.41, 5.74) is 0. The van der Waals surface area contributed by atoms with Gasteiger partial charge in [-0.15, -0.1) is 0 Å². The van der Waals surface area contributed by atoms with Crippen molar-refractivity contribution in [3.05, 3.63) is 12.2 Å². The molecule has 0 aromatic rings. The maximum absolute atomic E-state index is 12.6. The van der Waals surface area contributed by atoms with Crippen LogP contribution in [0.2, 0.25) is 0 Å². The zero-order valence-electron chi connectivity index (χ0n) is 35.9. The molecule has 0 radical (unpaired) electrons. The number of ether oxygens (including phenoxy) is 2. The van der Waals surface area contributed by atoms with Gasteiger partial charge in [-0.2, -0.15) is 0 Å². The summed E-state index contributed by atoms with van der Waals surface area (Å²) < 4.78 is 33.4. The molecule has 0 amide bonds. The average Bonchev–Trinajstić information content (AvgIpc) is 3.18. The van der Waals surface area contributed by atoms with Gasteiger partial charge in [-0.05, 0) is 38.5 Å². The fraction of sp³-hybridized carbons (Fsp3) is 0.933. The lowest BCUT2D eigenvalue weighted by Crippen LogP contribution is -2.29. The summed E-state index contributed by atoms with van der Waals surface area (Å²) in [6.07, 6.45) is 43.1. The number of carbonyl (C=O) groups excluding carboxylic acids is 1. The van der Waals surface area contributed by atoms with Crippen molar-refractivity contribution in [2.45, 2.75) is 238 Å². The molecule has 3 N–H and O–H groups in total. The van der Waals surface area contributed by atoms with Gasteiger partial charge in [0.1, 0.15) is 12.2 Å². The zero-order valence-corrected chi connectivity index (χ0v) is 36.8. The smallest absolute Gasteiger partial charge is 0.457 e. The Balaban J connectivity index is 4.10. The number of aliphatic hydroxyl groups excluding tert-OH is 2. The first-order valence-electron chi connectivity index (χ1n) is 23.2. The van der Waals surface area contributed by atoms with E-state index in [1.165, 1.54) is 167 Å². The highest BCUT2D eigenvalue weighted by molar-refractivity contribution is 7.47. The first-order chi connectivity index (χ1) is 26.8. The molecule has 0 aliphatic rings. The van der Waals surface area contributed by atoms with Crippen LogP contribution < -0.4 is 0 Å². The minimum atomic E-state index is -4.51. The Morgan fingerprint density at radius 1 is 0.545 bits per heavy atom. The molecule has 0 spiro atoms. The van der Waals surface area contributed by atoms with Gasteiger partial charge >= 0.3 is 13.8 Å². The Labute approximate surface area is 339 Å². The van der Waals surface area contributed by atoms with E-state index in [0.29, 0.717) is 6.61 Å². The lowest BCUT2D eigenvalue weighted by molar-refractivity contribution is -0.154. The lowest BCUT2D eigenvalue weighted by atomic mass is 10.0. The second-order valence-corrected chi connectivity index (χ2v) is 17.2. The van der Waals surface area contributed by atoms with Gasteiger partial charge in [0.25, 0.3) is 0 Å². The SMILES string of the molecule is CCCCCCCCC/C=C\CCCCCCCCCCOCC(COP(=O)(O)OCC(O)CO)OC(=O)CCCCCCCCCCCCCCCCC. The van der Waals surface area contributed by atoms with E-state index in [9.17, 15) is 19.4 Å². The number of esters is 1. The number of hydrogen-bond donors (Lipinski definition) is 3. The van der Waals surface area contributed by atoms with E-state index in [0.717, 1.165) is 38.5 Å². The van der Waals surface area contributed by atoms with Gasteiger partial charge in [0, 0.05) is 13.0 Å². The molecular weight excluding hydrogens is 715 g/mol. The molecule has 328 valence electrons. The summed E-state index contributed by atoms with van der Waals surface area (Å²) in [5.74, 6) is -0.379. The van der Waals surface area contributed by atoms with Crippen molar-refractivity contribution in [2.75, 3.05) is 33.0 Å². The molecule has 0 fully saturated rings. The molecular formula is C45H89O9P. The highest BCUT2D eigenvalue weighted by Crippen LogP contribution is 2.43. The van der Waals surface area contributed by atoms with Crippen molar-refractivity contribution in [1.82, 2.24) is 0 Å². The van der Waals surface area contributed by atoms with Crippen LogP contribution in [0.1, 0.15) is 226 Å². The number of aliphatic hydroxyl groups is 2. The van der Waals surface area contributed by atoms with E-state index >= 15 is 0 Å². The van der Waals surface area contributed by atoms with Gasteiger partial charge in [-0.3, -0.25) is 13.8 Å². The maximum Gasteiger partial charge on any atom is 0.472 e.